The number of hydrogen-bond acceptors (Lipinski definition) is 0. The predicted octanol–water partition coefficient (Wildman–Crippen LogP) is 5.87. The summed E-state index contributed by atoms with van der Waals surface area (Å²) >= 11 is 0. The number of unbranched alkanes of at least 4 members (excludes halogenated alkanes) is 4. The van der Waals surface area contributed by atoms with Gasteiger partial charge in [-0.1, -0.05) is 87.2 Å². The first-order valence-electron chi connectivity index (χ1n) is 7.55. The highest BCUT2D eigenvalue weighted by Crippen LogP contribution is 2.24. The minimum Gasteiger partial charge on any atom is -0.0654 e. The molecule has 0 saturated carbocycles. The molecule has 0 N–H and O–H groups in total. The Morgan fingerprint density at radius 2 is 1.37 bits per heavy atom. The van der Waals surface area contributed by atoms with Gasteiger partial charge in [0.05, 0.1) is 0 Å². The number of benzene rings is 2. The van der Waals surface area contributed by atoms with E-state index in [9.17, 15) is 0 Å². The summed E-state index contributed by atoms with van der Waals surface area (Å²) in [5.74, 6) is 0. The Morgan fingerprint density at radius 1 is 0.684 bits per heavy atom. The summed E-state index contributed by atoms with van der Waals surface area (Å²) in [6, 6.07) is 19.6. The largest absolute Gasteiger partial charge is 0.0654 e. The molecule has 0 aliphatic heterocycles. The zero-order chi connectivity index (χ0) is 13.3. The molecule has 0 aliphatic rings. The fraction of sp³-hybridized carbons (Fsp3) is 0.368. The topological polar surface area (TPSA) is 0 Å². The van der Waals surface area contributed by atoms with Crippen molar-refractivity contribution in [3.8, 4) is 11.1 Å². The second-order valence-electron chi connectivity index (χ2n) is 5.19. The molecule has 0 aromatic heterocycles. The number of aryl methyl sites for hydroxylation is 1. The van der Waals surface area contributed by atoms with Crippen LogP contribution in [0.1, 0.15) is 44.6 Å². The highest BCUT2D eigenvalue weighted by Gasteiger charge is 2.03. The van der Waals surface area contributed by atoms with Crippen LogP contribution < -0.4 is 0 Å². The van der Waals surface area contributed by atoms with E-state index in [4.69, 9.17) is 0 Å². The van der Waals surface area contributed by atoms with Gasteiger partial charge in [0.1, 0.15) is 0 Å². The van der Waals surface area contributed by atoms with Crippen molar-refractivity contribution in [2.45, 2.75) is 45.4 Å². The van der Waals surface area contributed by atoms with E-state index >= 15 is 0 Å². The number of hydrogen-bond donors (Lipinski definition) is 0. The molecule has 0 saturated heterocycles. The molecule has 0 radical (unpaired) electrons. The maximum absolute atomic E-state index is 2.28. The molecule has 0 nitrogen and oxygen atoms in total. The van der Waals surface area contributed by atoms with Gasteiger partial charge in [-0.05, 0) is 29.5 Å². The van der Waals surface area contributed by atoms with Gasteiger partial charge in [0, 0.05) is 0 Å². The number of rotatable bonds is 7. The van der Waals surface area contributed by atoms with Crippen molar-refractivity contribution in [2.24, 2.45) is 0 Å². The zero-order valence-corrected chi connectivity index (χ0v) is 11.9. The van der Waals surface area contributed by atoms with Gasteiger partial charge >= 0.3 is 0 Å². The second-order valence-corrected chi connectivity index (χ2v) is 5.19. The smallest absolute Gasteiger partial charge is 0.0152 e. The molecular weight excluding hydrogens is 228 g/mol. The molecule has 0 atom stereocenters. The van der Waals surface area contributed by atoms with Crippen molar-refractivity contribution in [1.29, 1.82) is 0 Å². The van der Waals surface area contributed by atoms with Crippen LogP contribution in [-0.4, -0.2) is 0 Å². The van der Waals surface area contributed by atoms with Crippen LogP contribution in [0.2, 0.25) is 0 Å². The van der Waals surface area contributed by atoms with Gasteiger partial charge in [0.25, 0.3) is 0 Å². The normalized spacial score (nSPS) is 10.6. The summed E-state index contributed by atoms with van der Waals surface area (Å²) in [4.78, 5) is 0. The maximum atomic E-state index is 2.28. The van der Waals surface area contributed by atoms with Crippen molar-refractivity contribution in [3.05, 3.63) is 60.2 Å². The molecule has 0 bridgehead atoms. The fourth-order valence-corrected chi connectivity index (χ4v) is 2.56. The molecule has 2 aromatic rings. The molecule has 0 unspecified atom stereocenters. The van der Waals surface area contributed by atoms with Crippen molar-refractivity contribution in [2.75, 3.05) is 0 Å². The van der Waals surface area contributed by atoms with Gasteiger partial charge in [-0.2, -0.15) is 0 Å². The molecule has 0 heterocycles. The molecule has 0 aliphatic carbocycles. The van der Waals surface area contributed by atoms with Gasteiger partial charge in [-0.3, -0.25) is 0 Å². The molecule has 0 amide bonds. The van der Waals surface area contributed by atoms with Crippen LogP contribution in [0.5, 0.6) is 0 Å². The third-order valence-electron chi connectivity index (χ3n) is 3.65. The Kier molecular flexibility index (Phi) is 5.68. The summed E-state index contributed by atoms with van der Waals surface area (Å²) in [6.07, 6.45) is 7.94. The molecule has 0 fully saturated rings. The Morgan fingerprint density at radius 3 is 2.16 bits per heavy atom. The molecule has 2 rings (SSSR count). The first-order valence-corrected chi connectivity index (χ1v) is 7.55. The third-order valence-corrected chi connectivity index (χ3v) is 3.65. The monoisotopic (exact) mass is 252 g/mol. The summed E-state index contributed by atoms with van der Waals surface area (Å²) in [6.45, 7) is 2.27. The first kappa shape index (κ1) is 13.9. The van der Waals surface area contributed by atoms with E-state index in [-0.39, 0.29) is 0 Å². The molecule has 19 heavy (non-hydrogen) atoms. The van der Waals surface area contributed by atoms with Crippen LogP contribution in [0.3, 0.4) is 0 Å². The van der Waals surface area contributed by atoms with Crippen molar-refractivity contribution >= 4 is 0 Å². The zero-order valence-electron chi connectivity index (χ0n) is 11.9. The Balaban J connectivity index is 2.01. The van der Waals surface area contributed by atoms with E-state index in [0.29, 0.717) is 0 Å². The Hall–Kier alpha value is -1.56. The van der Waals surface area contributed by atoms with Crippen LogP contribution >= 0.6 is 0 Å². The Labute approximate surface area is 117 Å². The highest BCUT2D eigenvalue weighted by molar-refractivity contribution is 5.67. The minimum absolute atomic E-state index is 1.20. The SMILES string of the molecule is CCCCCCCc1ccccc1-c1ccccc1. The van der Waals surface area contributed by atoms with Gasteiger partial charge in [-0.15, -0.1) is 0 Å². The quantitative estimate of drug-likeness (QED) is 0.541. The lowest BCUT2D eigenvalue weighted by Crippen LogP contribution is -1.90. The van der Waals surface area contributed by atoms with Crippen LogP contribution in [-0.2, 0) is 6.42 Å². The third kappa shape index (κ3) is 4.24. The van der Waals surface area contributed by atoms with E-state index in [1.807, 2.05) is 0 Å². The van der Waals surface area contributed by atoms with Gasteiger partial charge in [0.2, 0.25) is 0 Å². The van der Waals surface area contributed by atoms with Crippen LogP contribution in [0.25, 0.3) is 11.1 Å². The lowest BCUT2D eigenvalue weighted by Gasteiger charge is -2.09. The summed E-state index contributed by atoms with van der Waals surface area (Å²) in [5, 5.41) is 0. The molecule has 0 spiro atoms. The van der Waals surface area contributed by atoms with E-state index in [2.05, 4.69) is 61.5 Å². The molecule has 100 valence electrons. The average molecular weight is 252 g/mol. The van der Waals surface area contributed by atoms with Gasteiger partial charge in [0.15, 0.2) is 0 Å². The van der Waals surface area contributed by atoms with E-state index in [1.54, 1.807) is 0 Å². The molecule has 0 heteroatoms. The predicted molar refractivity (Wildman–Crippen MR) is 84.3 cm³/mol. The lowest BCUT2D eigenvalue weighted by molar-refractivity contribution is 0.632. The van der Waals surface area contributed by atoms with E-state index in [0.717, 1.165) is 0 Å². The van der Waals surface area contributed by atoms with Crippen LogP contribution in [0.4, 0.5) is 0 Å². The minimum atomic E-state index is 1.20. The Bertz CT molecular complexity index is 470. The van der Waals surface area contributed by atoms with E-state index in [1.165, 1.54) is 55.2 Å². The fourth-order valence-electron chi connectivity index (χ4n) is 2.56. The average Bonchev–Trinajstić information content (AvgIpc) is 2.48. The summed E-state index contributed by atoms with van der Waals surface area (Å²) < 4.78 is 0. The van der Waals surface area contributed by atoms with Crippen LogP contribution in [0.15, 0.2) is 54.6 Å². The van der Waals surface area contributed by atoms with Crippen molar-refractivity contribution in [1.82, 2.24) is 0 Å². The molecule has 2 aromatic carbocycles. The van der Waals surface area contributed by atoms with Gasteiger partial charge < -0.3 is 0 Å². The van der Waals surface area contributed by atoms with Crippen LogP contribution in [0, 0.1) is 0 Å². The van der Waals surface area contributed by atoms with Crippen molar-refractivity contribution in [3.63, 3.8) is 0 Å². The first-order chi connectivity index (χ1) is 9.42. The standard InChI is InChI=1S/C19H24/c1-2-3-4-5-7-12-18-15-10-11-16-19(18)17-13-8-6-9-14-17/h6,8-11,13-16H,2-5,7,12H2,1H3. The van der Waals surface area contributed by atoms with Crippen molar-refractivity contribution < 1.29 is 0 Å². The maximum Gasteiger partial charge on any atom is -0.0152 e. The summed E-state index contributed by atoms with van der Waals surface area (Å²) in [5.41, 5.74) is 4.23. The van der Waals surface area contributed by atoms with Gasteiger partial charge in [-0.25, -0.2) is 0 Å². The second kappa shape index (κ2) is 7.78. The van der Waals surface area contributed by atoms with E-state index < -0.39 is 0 Å². The lowest BCUT2D eigenvalue weighted by atomic mass is 9.96. The highest BCUT2D eigenvalue weighted by atomic mass is 14.1. The summed E-state index contributed by atoms with van der Waals surface area (Å²) in [7, 11) is 0. The molecular formula is C19H24.